The van der Waals surface area contributed by atoms with Gasteiger partial charge in [0.25, 0.3) is 5.91 Å². The van der Waals surface area contributed by atoms with Crippen LogP contribution in [0.25, 0.3) is 0 Å². The van der Waals surface area contributed by atoms with Gasteiger partial charge in [-0.1, -0.05) is 32.9 Å². The highest BCUT2D eigenvalue weighted by atomic mass is 32.1. The van der Waals surface area contributed by atoms with Crippen LogP contribution in [0.1, 0.15) is 36.8 Å². The number of aromatic nitrogens is 1. The third-order valence-electron chi connectivity index (χ3n) is 2.70. The van der Waals surface area contributed by atoms with E-state index in [0.717, 1.165) is 5.69 Å². The molecular formula is C14H17N3OS. The van der Waals surface area contributed by atoms with Crippen molar-refractivity contribution in [2.75, 3.05) is 11.1 Å². The molecule has 1 aromatic carbocycles. The first-order chi connectivity index (χ1) is 8.88. The minimum atomic E-state index is -0.229. The number of nitrogens with two attached hydrogens (primary N) is 1. The fourth-order valence-corrected chi connectivity index (χ4v) is 2.48. The van der Waals surface area contributed by atoms with Gasteiger partial charge in [0, 0.05) is 16.5 Å². The highest BCUT2D eigenvalue weighted by Gasteiger charge is 2.18. The third-order valence-corrected chi connectivity index (χ3v) is 3.46. The summed E-state index contributed by atoms with van der Waals surface area (Å²) in [5, 5.41) is 5.34. The van der Waals surface area contributed by atoms with Crippen molar-refractivity contribution >= 4 is 28.1 Å². The second-order valence-electron chi connectivity index (χ2n) is 5.33. The van der Waals surface area contributed by atoms with E-state index in [9.17, 15) is 4.79 Å². The van der Waals surface area contributed by atoms with E-state index in [1.54, 1.807) is 24.3 Å². The van der Waals surface area contributed by atoms with Gasteiger partial charge in [0.15, 0.2) is 5.13 Å². The van der Waals surface area contributed by atoms with Crippen LogP contribution < -0.4 is 11.1 Å². The standard InChI is InChI=1S/C14H17N3OS/c1-14(2,3)11-8-19-13(16-11)17-12(18)9-6-4-5-7-10(9)15/h4-8H,15H2,1-3H3,(H,16,17,18). The molecule has 1 amide bonds. The Labute approximate surface area is 116 Å². The van der Waals surface area contributed by atoms with Crippen molar-refractivity contribution in [1.82, 2.24) is 4.98 Å². The lowest BCUT2D eigenvalue weighted by Crippen LogP contribution is -2.15. The molecule has 0 aliphatic carbocycles. The van der Waals surface area contributed by atoms with Crippen LogP contribution in [0.4, 0.5) is 10.8 Å². The number of para-hydroxylation sites is 1. The van der Waals surface area contributed by atoms with E-state index in [4.69, 9.17) is 5.73 Å². The number of carbonyl (C=O) groups excluding carboxylic acids is 1. The van der Waals surface area contributed by atoms with Gasteiger partial charge in [0.05, 0.1) is 11.3 Å². The van der Waals surface area contributed by atoms with Gasteiger partial charge in [-0.05, 0) is 12.1 Å². The summed E-state index contributed by atoms with van der Waals surface area (Å²) in [4.78, 5) is 16.5. The first-order valence-electron chi connectivity index (χ1n) is 6.00. The van der Waals surface area contributed by atoms with Crippen LogP contribution in [0, 0.1) is 0 Å². The Hall–Kier alpha value is -1.88. The molecular weight excluding hydrogens is 258 g/mol. The Morgan fingerprint density at radius 1 is 1.32 bits per heavy atom. The van der Waals surface area contributed by atoms with E-state index < -0.39 is 0 Å². The highest BCUT2D eigenvalue weighted by Crippen LogP contribution is 2.26. The number of hydrogen-bond donors (Lipinski definition) is 2. The fourth-order valence-electron chi connectivity index (χ4n) is 1.54. The Morgan fingerprint density at radius 2 is 2.00 bits per heavy atom. The molecule has 0 bridgehead atoms. The number of anilines is 2. The summed E-state index contributed by atoms with van der Waals surface area (Å²) in [6, 6.07) is 6.99. The molecule has 2 aromatic rings. The number of nitrogens with zero attached hydrogens (tertiary/aromatic N) is 1. The SMILES string of the molecule is CC(C)(C)c1csc(NC(=O)c2ccccc2N)n1. The van der Waals surface area contributed by atoms with Gasteiger partial charge in [0.2, 0.25) is 0 Å². The second kappa shape index (κ2) is 5.01. The van der Waals surface area contributed by atoms with Crippen molar-refractivity contribution in [3.05, 3.63) is 40.9 Å². The van der Waals surface area contributed by atoms with Crippen LogP contribution in [0.3, 0.4) is 0 Å². The fraction of sp³-hybridized carbons (Fsp3) is 0.286. The van der Waals surface area contributed by atoms with E-state index in [1.807, 2.05) is 5.38 Å². The average Bonchev–Trinajstić information content (AvgIpc) is 2.77. The molecule has 0 aliphatic rings. The maximum Gasteiger partial charge on any atom is 0.259 e. The number of amides is 1. The number of nitrogen functional groups attached to an aromatic ring is 1. The molecule has 100 valence electrons. The summed E-state index contributed by atoms with van der Waals surface area (Å²) in [7, 11) is 0. The lowest BCUT2D eigenvalue weighted by Gasteiger charge is -2.14. The monoisotopic (exact) mass is 275 g/mol. The van der Waals surface area contributed by atoms with Gasteiger partial charge in [0.1, 0.15) is 0 Å². The summed E-state index contributed by atoms with van der Waals surface area (Å²) < 4.78 is 0. The van der Waals surface area contributed by atoms with Crippen molar-refractivity contribution in [2.24, 2.45) is 0 Å². The van der Waals surface area contributed by atoms with Crippen LogP contribution in [0.15, 0.2) is 29.6 Å². The summed E-state index contributed by atoms with van der Waals surface area (Å²) in [6.07, 6.45) is 0. The smallest absolute Gasteiger partial charge is 0.259 e. The van der Waals surface area contributed by atoms with Gasteiger partial charge >= 0.3 is 0 Å². The molecule has 3 N–H and O–H groups in total. The van der Waals surface area contributed by atoms with E-state index in [2.05, 4.69) is 31.1 Å². The number of benzene rings is 1. The number of thiazole rings is 1. The number of carbonyl (C=O) groups is 1. The molecule has 0 unspecified atom stereocenters. The number of hydrogen-bond acceptors (Lipinski definition) is 4. The molecule has 0 spiro atoms. The van der Waals surface area contributed by atoms with Gasteiger partial charge in [-0.3, -0.25) is 10.1 Å². The lowest BCUT2D eigenvalue weighted by molar-refractivity contribution is 0.102. The van der Waals surface area contributed by atoms with Crippen molar-refractivity contribution in [3.8, 4) is 0 Å². The van der Waals surface area contributed by atoms with E-state index in [-0.39, 0.29) is 11.3 Å². The van der Waals surface area contributed by atoms with Crippen molar-refractivity contribution in [2.45, 2.75) is 26.2 Å². The maximum absolute atomic E-state index is 12.1. The van der Waals surface area contributed by atoms with Crippen molar-refractivity contribution in [3.63, 3.8) is 0 Å². The number of nitrogens with one attached hydrogen (secondary N) is 1. The average molecular weight is 275 g/mol. The summed E-state index contributed by atoms with van der Waals surface area (Å²) >= 11 is 1.42. The van der Waals surface area contributed by atoms with Crippen LogP contribution in [0.2, 0.25) is 0 Å². The molecule has 0 radical (unpaired) electrons. The molecule has 5 heteroatoms. The maximum atomic E-state index is 12.1. The largest absolute Gasteiger partial charge is 0.398 e. The first-order valence-corrected chi connectivity index (χ1v) is 6.88. The third kappa shape index (κ3) is 3.12. The first kappa shape index (κ1) is 13.5. The predicted octanol–water partition coefficient (Wildman–Crippen LogP) is 3.28. The molecule has 0 atom stereocenters. The second-order valence-corrected chi connectivity index (χ2v) is 6.19. The molecule has 0 aliphatic heterocycles. The van der Waals surface area contributed by atoms with Gasteiger partial charge in [-0.15, -0.1) is 11.3 Å². The number of rotatable bonds is 2. The zero-order valence-corrected chi connectivity index (χ0v) is 12.0. The Kier molecular flexibility index (Phi) is 3.57. The molecule has 1 aromatic heterocycles. The molecule has 1 heterocycles. The summed E-state index contributed by atoms with van der Waals surface area (Å²) in [6.45, 7) is 6.26. The molecule has 0 saturated carbocycles. The van der Waals surface area contributed by atoms with Gasteiger partial charge < -0.3 is 5.73 Å². The molecule has 19 heavy (non-hydrogen) atoms. The minimum absolute atomic E-state index is 0.0226. The minimum Gasteiger partial charge on any atom is -0.398 e. The summed E-state index contributed by atoms with van der Waals surface area (Å²) in [5.74, 6) is -0.229. The Balaban J connectivity index is 2.16. The van der Waals surface area contributed by atoms with Crippen molar-refractivity contribution < 1.29 is 4.79 Å². The Morgan fingerprint density at radius 3 is 2.58 bits per heavy atom. The van der Waals surface area contributed by atoms with Crippen LogP contribution in [-0.4, -0.2) is 10.9 Å². The molecule has 2 rings (SSSR count). The Bertz CT molecular complexity index is 599. The summed E-state index contributed by atoms with van der Waals surface area (Å²) in [5.41, 5.74) is 7.65. The van der Waals surface area contributed by atoms with E-state index >= 15 is 0 Å². The topological polar surface area (TPSA) is 68.0 Å². The zero-order valence-electron chi connectivity index (χ0n) is 11.2. The van der Waals surface area contributed by atoms with Crippen LogP contribution >= 0.6 is 11.3 Å². The molecule has 0 saturated heterocycles. The quantitative estimate of drug-likeness (QED) is 0.826. The zero-order chi connectivity index (χ0) is 14.0. The predicted molar refractivity (Wildman–Crippen MR) is 79.6 cm³/mol. The van der Waals surface area contributed by atoms with E-state index in [0.29, 0.717) is 16.4 Å². The van der Waals surface area contributed by atoms with E-state index in [1.165, 1.54) is 11.3 Å². The molecule has 4 nitrogen and oxygen atoms in total. The lowest BCUT2D eigenvalue weighted by atomic mass is 9.93. The van der Waals surface area contributed by atoms with Crippen molar-refractivity contribution in [1.29, 1.82) is 0 Å². The highest BCUT2D eigenvalue weighted by molar-refractivity contribution is 7.14. The molecule has 0 fully saturated rings. The normalized spacial score (nSPS) is 11.3. The van der Waals surface area contributed by atoms with Crippen LogP contribution in [0.5, 0.6) is 0 Å². The van der Waals surface area contributed by atoms with Gasteiger partial charge in [-0.2, -0.15) is 0 Å². The van der Waals surface area contributed by atoms with Crippen LogP contribution in [-0.2, 0) is 5.41 Å². The van der Waals surface area contributed by atoms with Gasteiger partial charge in [-0.25, -0.2) is 4.98 Å².